The maximum Gasteiger partial charge on any atom is 0.326 e. The number of carboxylic acids is 1. The number of nitrogens with two attached hydrogens (primary N) is 1. The molecule has 20 heavy (non-hydrogen) atoms. The van der Waals surface area contributed by atoms with E-state index < -0.39 is 30.4 Å². The molecule has 0 aromatic rings. The van der Waals surface area contributed by atoms with Gasteiger partial charge in [0.15, 0.2) is 0 Å². The van der Waals surface area contributed by atoms with Crippen molar-refractivity contribution in [2.24, 2.45) is 17.6 Å². The molecular weight excluding hydrogens is 262 g/mol. The molecule has 3 amide bonds. The topological polar surface area (TPSA) is 122 Å². The predicted molar refractivity (Wildman–Crippen MR) is 72.9 cm³/mol. The maximum atomic E-state index is 11.6. The molecule has 1 saturated carbocycles. The van der Waals surface area contributed by atoms with Gasteiger partial charge >= 0.3 is 12.0 Å². The van der Waals surface area contributed by atoms with E-state index in [2.05, 4.69) is 17.6 Å². The monoisotopic (exact) mass is 285 g/mol. The van der Waals surface area contributed by atoms with Crippen LogP contribution in [0.1, 0.15) is 39.0 Å². The Morgan fingerprint density at radius 1 is 1.35 bits per heavy atom. The van der Waals surface area contributed by atoms with E-state index in [1.165, 1.54) is 6.42 Å². The van der Waals surface area contributed by atoms with Gasteiger partial charge in [-0.25, -0.2) is 9.59 Å². The normalized spacial score (nSPS) is 23.6. The Morgan fingerprint density at radius 2 is 2.05 bits per heavy atom. The lowest BCUT2D eigenvalue weighted by atomic mass is 9.82. The molecule has 0 spiro atoms. The van der Waals surface area contributed by atoms with Crippen LogP contribution in [0.4, 0.5) is 4.79 Å². The van der Waals surface area contributed by atoms with Gasteiger partial charge in [0.1, 0.15) is 6.04 Å². The van der Waals surface area contributed by atoms with Crippen molar-refractivity contribution in [1.29, 1.82) is 0 Å². The van der Waals surface area contributed by atoms with Gasteiger partial charge in [-0.3, -0.25) is 4.79 Å². The first-order valence-electron chi connectivity index (χ1n) is 6.94. The standard InChI is InChI=1S/C13H23N3O4/c1-8-3-2-4-9(5-8)7-15-13(20)16-10(12(18)19)6-11(14)17/h8-10H,2-7H2,1H3,(H2,14,17)(H,18,19)(H2,15,16,20)/t8?,9?,10-/m0/s1. The molecule has 0 saturated heterocycles. The smallest absolute Gasteiger partial charge is 0.326 e. The number of hydrogen-bond acceptors (Lipinski definition) is 3. The Bertz CT molecular complexity index is 373. The van der Waals surface area contributed by atoms with E-state index in [0.29, 0.717) is 18.4 Å². The van der Waals surface area contributed by atoms with E-state index >= 15 is 0 Å². The summed E-state index contributed by atoms with van der Waals surface area (Å²) in [5.74, 6) is -0.937. The van der Waals surface area contributed by atoms with Gasteiger partial charge in [-0.1, -0.05) is 19.8 Å². The number of hydrogen-bond donors (Lipinski definition) is 4. The minimum absolute atomic E-state index is 0.413. The van der Waals surface area contributed by atoms with Crippen LogP contribution >= 0.6 is 0 Å². The minimum Gasteiger partial charge on any atom is -0.480 e. The number of carbonyl (C=O) groups is 3. The van der Waals surface area contributed by atoms with Gasteiger partial charge in [0.05, 0.1) is 6.42 Å². The summed E-state index contributed by atoms with van der Waals surface area (Å²) in [6.07, 6.45) is 4.12. The van der Waals surface area contributed by atoms with Crippen LogP contribution in [-0.4, -0.2) is 35.6 Å². The first kappa shape index (κ1) is 16.3. The largest absolute Gasteiger partial charge is 0.480 e. The summed E-state index contributed by atoms with van der Waals surface area (Å²) >= 11 is 0. The van der Waals surface area contributed by atoms with Crippen LogP contribution in [0.3, 0.4) is 0 Å². The first-order valence-corrected chi connectivity index (χ1v) is 6.94. The van der Waals surface area contributed by atoms with E-state index in [0.717, 1.165) is 19.3 Å². The second-order valence-electron chi connectivity index (χ2n) is 5.55. The predicted octanol–water partition coefficient (Wildman–Crippen LogP) is 0.441. The second kappa shape index (κ2) is 7.72. The zero-order valence-corrected chi connectivity index (χ0v) is 11.7. The average molecular weight is 285 g/mol. The van der Waals surface area contributed by atoms with Gasteiger partial charge in [0.25, 0.3) is 0 Å². The number of nitrogens with one attached hydrogen (secondary N) is 2. The first-order chi connectivity index (χ1) is 9.38. The zero-order valence-electron chi connectivity index (χ0n) is 11.7. The summed E-state index contributed by atoms with van der Waals surface area (Å²) in [7, 11) is 0. The Morgan fingerprint density at radius 3 is 2.60 bits per heavy atom. The third-order valence-electron chi connectivity index (χ3n) is 3.61. The molecule has 0 heterocycles. The molecule has 2 unspecified atom stereocenters. The minimum atomic E-state index is -1.28. The van der Waals surface area contributed by atoms with Gasteiger partial charge in [-0.15, -0.1) is 0 Å². The molecule has 1 rings (SSSR count). The van der Waals surface area contributed by atoms with Gasteiger partial charge in [-0.2, -0.15) is 0 Å². The highest BCUT2D eigenvalue weighted by molar-refractivity contribution is 5.87. The van der Waals surface area contributed by atoms with Crippen molar-refractivity contribution in [3.63, 3.8) is 0 Å². The summed E-state index contributed by atoms with van der Waals surface area (Å²) in [6, 6.07) is -1.85. The number of carbonyl (C=O) groups excluding carboxylic acids is 2. The van der Waals surface area contributed by atoms with Crippen LogP contribution in [0.25, 0.3) is 0 Å². The van der Waals surface area contributed by atoms with Crippen molar-refractivity contribution in [3.8, 4) is 0 Å². The quantitative estimate of drug-likeness (QED) is 0.565. The van der Waals surface area contributed by atoms with Gasteiger partial charge in [0, 0.05) is 6.54 Å². The SMILES string of the molecule is CC1CCCC(CNC(=O)N[C@@H](CC(N)=O)C(=O)O)C1. The number of carboxylic acid groups (broad SMARTS) is 1. The molecule has 7 nitrogen and oxygen atoms in total. The third kappa shape index (κ3) is 5.90. The van der Waals surface area contributed by atoms with Gasteiger partial charge in [0.2, 0.25) is 5.91 Å². The summed E-state index contributed by atoms with van der Waals surface area (Å²) in [5, 5.41) is 13.8. The Hall–Kier alpha value is -1.79. The van der Waals surface area contributed by atoms with Gasteiger partial charge in [-0.05, 0) is 24.7 Å². The highest BCUT2D eigenvalue weighted by Crippen LogP contribution is 2.27. The number of rotatable bonds is 6. The Balaban J connectivity index is 2.34. The van der Waals surface area contributed by atoms with Crippen LogP contribution < -0.4 is 16.4 Å². The van der Waals surface area contributed by atoms with E-state index in [-0.39, 0.29) is 0 Å². The van der Waals surface area contributed by atoms with Crippen LogP contribution in [0, 0.1) is 11.8 Å². The molecule has 1 fully saturated rings. The van der Waals surface area contributed by atoms with Crippen molar-refractivity contribution >= 4 is 17.9 Å². The molecule has 0 aromatic carbocycles. The fraction of sp³-hybridized carbons (Fsp3) is 0.769. The summed E-state index contributed by atoms with van der Waals surface area (Å²) in [5.41, 5.74) is 4.94. The van der Waals surface area contributed by atoms with Gasteiger partial charge < -0.3 is 21.5 Å². The lowest BCUT2D eigenvalue weighted by Gasteiger charge is -2.27. The highest BCUT2D eigenvalue weighted by atomic mass is 16.4. The summed E-state index contributed by atoms with van der Waals surface area (Å²) in [4.78, 5) is 33.2. The molecule has 0 aromatic heterocycles. The van der Waals surface area contributed by atoms with E-state index in [9.17, 15) is 14.4 Å². The van der Waals surface area contributed by atoms with Crippen LogP contribution in [0.2, 0.25) is 0 Å². The molecule has 1 aliphatic carbocycles. The average Bonchev–Trinajstić information content (AvgIpc) is 2.35. The molecule has 0 radical (unpaired) electrons. The van der Waals surface area contributed by atoms with Crippen LogP contribution in [0.5, 0.6) is 0 Å². The lowest BCUT2D eigenvalue weighted by molar-refractivity contribution is -0.140. The fourth-order valence-corrected chi connectivity index (χ4v) is 2.59. The molecule has 114 valence electrons. The molecule has 1 aliphatic rings. The number of aliphatic carboxylic acids is 1. The number of primary amides is 1. The summed E-state index contributed by atoms with van der Waals surface area (Å²) in [6.45, 7) is 2.72. The molecule has 0 bridgehead atoms. The summed E-state index contributed by atoms with van der Waals surface area (Å²) < 4.78 is 0. The second-order valence-corrected chi connectivity index (χ2v) is 5.55. The van der Waals surface area contributed by atoms with Crippen molar-refractivity contribution in [3.05, 3.63) is 0 Å². The lowest BCUT2D eigenvalue weighted by Crippen LogP contribution is -2.48. The highest BCUT2D eigenvalue weighted by Gasteiger charge is 2.23. The number of amides is 3. The Labute approximate surface area is 118 Å². The van der Waals surface area contributed by atoms with Crippen LogP contribution in [-0.2, 0) is 9.59 Å². The van der Waals surface area contributed by atoms with E-state index in [4.69, 9.17) is 10.8 Å². The van der Waals surface area contributed by atoms with E-state index in [1.807, 2.05) is 0 Å². The van der Waals surface area contributed by atoms with Crippen LogP contribution in [0.15, 0.2) is 0 Å². The molecule has 0 aliphatic heterocycles. The van der Waals surface area contributed by atoms with Crippen molar-refractivity contribution in [2.45, 2.75) is 45.1 Å². The third-order valence-corrected chi connectivity index (χ3v) is 3.61. The fourth-order valence-electron chi connectivity index (χ4n) is 2.59. The molecule has 7 heteroatoms. The van der Waals surface area contributed by atoms with E-state index in [1.54, 1.807) is 0 Å². The molecule has 5 N–H and O–H groups in total. The number of urea groups is 1. The Kier molecular flexibility index (Phi) is 6.27. The molecule has 3 atom stereocenters. The van der Waals surface area contributed by atoms with Crippen molar-refractivity contribution in [2.75, 3.05) is 6.54 Å². The van der Waals surface area contributed by atoms with Crippen molar-refractivity contribution in [1.82, 2.24) is 10.6 Å². The molecular formula is C13H23N3O4. The van der Waals surface area contributed by atoms with Crippen molar-refractivity contribution < 1.29 is 19.5 Å². The zero-order chi connectivity index (χ0) is 15.1. The maximum absolute atomic E-state index is 11.6.